The number of benzene rings is 1. The van der Waals surface area contributed by atoms with Crippen molar-refractivity contribution in [1.29, 1.82) is 0 Å². The van der Waals surface area contributed by atoms with Crippen molar-refractivity contribution in [3.8, 4) is 0 Å². The fourth-order valence-electron chi connectivity index (χ4n) is 1.27. The summed E-state index contributed by atoms with van der Waals surface area (Å²) in [6.45, 7) is 0. The molecule has 0 aliphatic rings. The summed E-state index contributed by atoms with van der Waals surface area (Å²) in [6, 6.07) is 11.7. The molecule has 0 saturated heterocycles. The van der Waals surface area contributed by atoms with E-state index in [1.807, 2.05) is 7.05 Å². The zero-order chi connectivity index (χ0) is 9.52. The van der Waals surface area contributed by atoms with Crippen LogP contribution in [0.1, 0.15) is 12.0 Å². The number of nitrogens with one attached hydrogen (secondary N) is 1. The molecule has 0 bridgehead atoms. The predicted octanol–water partition coefficient (Wildman–Crippen LogP) is 2.30. The Morgan fingerprint density at radius 2 is 2.00 bits per heavy atom. The van der Waals surface area contributed by atoms with Crippen molar-refractivity contribution in [2.45, 2.75) is 18.9 Å². The van der Waals surface area contributed by atoms with E-state index in [2.05, 4.69) is 35.3 Å². The quantitative estimate of drug-likeness (QED) is 0.585. The van der Waals surface area contributed by atoms with E-state index < -0.39 is 8.27 Å². The normalized spacial score (nSPS) is 12.8. The van der Waals surface area contributed by atoms with Gasteiger partial charge in [-0.15, -0.1) is 0 Å². The molecule has 0 aromatic heterocycles. The largest absolute Gasteiger partial charge is 0.331 e. The molecular weight excluding hydrogens is 198 g/mol. The fraction of sp³-hybridized carbons (Fsp3) is 0.400. The van der Waals surface area contributed by atoms with Crippen LogP contribution in [0.25, 0.3) is 0 Å². The van der Waals surface area contributed by atoms with Gasteiger partial charge in [-0.25, -0.2) is 0 Å². The highest BCUT2D eigenvalue weighted by Gasteiger charge is 2.02. The van der Waals surface area contributed by atoms with Crippen molar-refractivity contribution in [3.05, 3.63) is 35.9 Å². The van der Waals surface area contributed by atoms with Crippen molar-refractivity contribution in [2.24, 2.45) is 0 Å². The van der Waals surface area contributed by atoms with Gasteiger partial charge in [-0.1, -0.05) is 30.3 Å². The average molecular weight is 214 g/mol. The third-order valence-electron chi connectivity index (χ3n) is 2.08. The third kappa shape index (κ3) is 4.46. The highest BCUT2D eigenvalue weighted by atomic mass is 35.6. The number of hydrogen-bond acceptors (Lipinski definition) is 1. The minimum atomic E-state index is -1.10. The van der Waals surface area contributed by atoms with Gasteiger partial charge in [0.15, 0.2) is 0 Å². The molecule has 13 heavy (non-hydrogen) atoms. The van der Waals surface area contributed by atoms with E-state index in [1.165, 1.54) is 12.0 Å². The second kappa shape index (κ2) is 6.19. The molecular formula is C10H16ClNSi. The second-order valence-corrected chi connectivity index (χ2v) is 6.80. The minimum absolute atomic E-state index is 1.10. The molecule has 0 fully saturated rings. The Kier molecular flexibility index (Phi) is 5.12. The highest BCUT2D eigenvalue weighted by molar-refractivity contribution is 7.05. The van der Waals surface area contributed by atoms with Crippen molar-refractivity contribution >= 4 is 19.3 Å². The lowest BCUT2D eigenvalue weighted by atomic mass is 10.1. The third-order valence-corrected chi connectivity index (χ3v) is 4.93. The lowest BCUT2D eigenvalue weighted by molar-refractivity contribution is 0.903. The number of hydrogen-bond donors (Lipinski definition) is 1. The zero-order valence-corrected chi connectivity index (χ0v) is 9.87. The summed E-state index contributed by atoms with van der Waals surface area (Å²) in [5, 5.41) is 0. The van der Waals surface area contributed by atoms with E-state index in [0.717, 1.165) is 12.5 Å². The molecule has 1 rings (SSSR count). The van der Waals surface area contributed by atoms with E-state index in [1.54, 1.807) is 0 Å². The minimum Gasteiger partial charge on any atom is -0.331 e. The van der Waals surface area contributed by atoms with Gasteiger partial charge in [0.2, 0.25) is 8.27 Å². The van der Waals surface area contributed by atoms with Crippen LogP contribution >= 0.6 is 11.1 Å². The summed E-state index contributed by atoms with van der Waals surface area (Å²) in [6.07, 6.45) is 2.35. The molecule has 1 nitrogen and oxygen atoms in total. The molecule has 1 N–H and O–H groups in total. The summed E-state index contributed by atoms with van der Waals surface area (Å²) >= 11 is 6.06. The van der Waals surface area contributed by atoms with Crippen LogP contribution in [-0.4, -0.2) is 15.3 Å². The first-order valence-corrected chi connectivity index (χ1v) is 7.82. The fourth-order valence-corrected chi connectivity index (χ4v) is 2.59. The molecule has 0 heterocycles. The maximum Gasteiger partial charge on any atom is 0.210 e. The first-order valence-electron chi connectivity index (χ1n) is 4.68. The van der Waals surface area contributed by atoms with Gasteiger partial charge in [-0.2, -0.15) is 11.1 Å². The molecule has 0 spiro atoms. The van der Waals surface area contributed by atoms with Gasteiger partial charge in [-0.05, 0) is 31.5 Å². The zero-order valence-electron chi connectivity index (χ0n) is 7.96. The lowest BCUT2D eigenvalue weighted by Gasteiger charge is -2.05. The van der Waals surface area contributed by atoms with E-state index >= 15 is 0 Å². The van der Waals surface area contributed by atoms with Crippen LogP contribution in [-0.2, 0) is 6.42 Å². The van der Waals surface area contributed by atoms with Gasteiger partial charge >= 0.3 is 0 Å². The molecule has 1 aromatic rings. The number of halogens is 1. The number of rotatable bonds is 5. The van der Waals surface area contributed by atoms with Gasteiger partial charge in [0.1, 0.15) is 0 Å². The Bertz CT molecular complexity index is 228. The van der Waals surface area contributed by atoms with Gasteiger partial charge in [0, 0.05) is 0 Å². The monoisotopic (exact) mass is 213 g/mol. The molecule has 1 aromatic carbocycles. The lowest BCUT2D eigenvalue weighted by Crippen LogP contribution is -2.23. The summed E-state index contributed by atoms with van der Waals surface area (Å²) in [5.41, 5.74) is 1.41. The molecule has 1 atom stereocenters. The smallest absolute Gasteiger partial charge is 0.210 e. The molecule has 72 valence electrons. The highest BCUT2D eigenvalue weighted by Crippen LogP contribution is 2.07. The second-order valence-electron chi connectivity index (χ2n) is 3.13. The van der Waals surface area contributed by atoms with Crippen LogP contribution in [0.5, 0.6) is 0 Å². The predicted molar refractivity (Wildman–Crippen MR) is 61.6 cm³/mol. The van der Waals surface area contributed by atoms with E-state index in [-0.39, 0.29) is 0 Å². The van der Waals surface area contributed by atoms with Crippen molar-refractivity contribution in [2.75, 3.05) is 7.05 Å². The molecule has 0 radical (unpaired) electrons. The first-order chi connectivity index (χ1) is 6.33. The average Bonchev–Trinajstić information content (AvgIpc) is 2.19. The van der Waals surface area contributed by atoms with Crippen LogP contribution < -0.4 is 4.98 Å². The maximum absolute atomic E-state index is 6.06. The van der Waals surface area contributed by atoms with Crippen molar-refractivity contribution in [1.82, 2.24) is 4.98 Å². The molecule has 0 saturated carbocycles. The Balaban J connectivity index is 2.20. The standard InChI is InChI=1S/C10H16ClNSi/c1-12-13(11)9-5-8-10-6-3-2-4-7-10/h2-4,6-7,12-13H,5,8-9H2,1H3. The Labute approximate surface area is 86.5 Å². The first kappa shape index (κ1) is 10.8. The maximum atomic E-state index is 6.06. The number of aryl methyl sites for hydroxylation is 1. The van der Waals surface area contributed by atoms with E-state index in [4.69, 9.17) is 11.1 Å². The summed E-state index contributed by atoms with van der Waals surface area (Å²) < 4.78 is 0. The van der Waals surface area contributed by atoms with Crippen molar-refractivity contribution < 1.29 is 0 Å². The van der Waals surface area contributed by atoms with Crippen molar-refractivity contribution in [3.63, 3.8) is 0 Å². The Morgan fingerprint density at radius 3 is 2.62 bits per heavy atom. The molecule has 1 unspecified atom stereocenters. The van der Waals surface area contributed by atoms with Crippen LogP contribution in [0.4, 0.5) is 0 Å². The van der Waals surface area contributed by atoms with Gasteiger partial charge < -0.3 is 4.98 Å². The Hall–Kier alpha value is -0.313. The van der Waals surface area contributed by atoms with Crippen LogP contribution in [0.3, 0.4) is 0 Å². The summed E-state index contributed by atoms with van der Waals surface area (Å²) in [7, 11) is 0.851. The summed E-state index contributed by atoms with van der Waals surface area (Å²) in [4.78, 5) is 3.16. The van der Waals surface area contributed by atoms with Gasteiger partial charge in [0.25, 0.3) is 0 Å². The molecule has 0 aliphatic carbocycles. The topological polar surface area (TPSA) is 12.0 Å². The van der Waals surface area contributed by atoms with Gasteiger partial charge in [-0.3, -0.25) is 0 Å². The van der Waals surface area contributed by atoms with Crippen LogP contribution in [0.15, 0.2) is 30.3 Å². The van der Waals surface area contributed by atoms with Crippen LogP contribution in [0.2, 0.25) is 6.04 Å². The van der Waals surface area contributed by atoms with E-state index in [0.29, 0.717) is 0 Å². The summed E-state index contributed by atoms with van der Waals surface area (Å²) in [5.74, 6) is 0. The SMILES string of the molecule is CN[SiH](Cl)CCCc1ccccc1. The van der Waals surface area contributed by atoms with Gasteiger partial charge in [0.05, 0.1) is 0 Å². The molecule has 3 heteroatoms. The molecule has 0 aliphatic heterocycles. The van der Waals surface area contributed by atoms with E-state index in [9.17, 15) is 0 Å². The molecule has 0 amide bonds. The van der Waals surface area contributed by atoms with Crippen LogP contribution in [0, 0.1) is 0 Å². The Morgan fingerprint density at radius 1 is 1.31 bits per heavy atom.